The van der Waals surface area contributed by atoms with E-state index >= 15 is 0 Å². The van der Waals surface area contributed by atoms with E-state index in [0.29, 0.717) is 22.9 Å². The lowest BCUT2D eigenvalue weighted by Gasteiger charge is -2.20. The molecule has 0 bridgehead atoms. The van der Waals surface area contributed by atoms with Gasteiger partial charge in [-0.05, 0) is 37.7 Å². The van der Waals surface area contributed by atoms with Gasteiger partial charge < -0.3 is 9.55 Å². The van der Waals surface area contributed by atoms with E-state index in [1.165, 1.54) is 18.9 Å². The second-order valence-electron chi connectivity index (χ2n) is 5.22. The van der Waals surface area contributed by atoms with Crippen LogP contribution in [0, 0.1) is 16.4 Å². The van der Waals surface area contributed by atoms with E-state index in [9.17, 15) is 8.78 Å². The number of aromatic amines is 1. The Morgan fingerprint density at radius 3 is 2.80 bits per heavy atom. The van der Waals surface area contributed by atoms with E-state index in [1.54, 1.807) is 4.57 Å². The van der Waals surface area contributed by atoms with E-state index in [2.05, 4.69) is 16.8 Å². The number of imidazole rings is 1. The smallest absolute Gasteiger partial charge is 0.178 e. The lowest BCUT2D eigenvalue weighted by atomic mass is 10.3. The molecule has 2 aromatic rings. The molecule has 108 valence electrons. The number of likely N-dealkylation sites (N-methyl/N-ethyl adjacent to an activating group) is 1. The molecule has 0 amide bonds. The van der Waals surface area contributed by atoms with Crippen LogP contribution in [0.4, 0.5) is 8.78 Å². The zero-order valence-corrected chi connectivity index (χ0v) is 12.1. The predicted octanol–water partition coefficient (Wildman–Crippen LogP) is 3.46. The van der Waals surface area contributed by atoms with Crippen molar-refractivity contribution < 1.29 is 8.78 Å². The van der Waals surface area contributed by atoms with Crippen LogP contribution in [0.5, 0.6) is 0 Å². The van der Waals surface area contributed by atoms with E-state index in [0.717, 1.165) is 19.2 Å². The summed E-state index contributed by atoms with van der Waals surface area (Å²) >= 11 is 5.23. The van der Waals surface area contributed by atoms with Gasteiger partial charge in [-0.15, -0.1) is 0 Å². The van der Waals surface area contributed by atoms with Crippen molar-refractivity contribution in [3.05, 3.63) is 28.5 Å². The lowest BCUT2D eigenvalue weighted by Crippen LogP contribution is -2.29. The summed E-state index contributed by atoms with van der Waals surface area (Å²) in [6, 6.07) is 2.88. The van der Waals surface area contributed by atoms with Crippen LogP contribution in [-0.2, 0) is 6.54 Å². The number of rotatable bonds is 5. The van der Waals surface area contributed by atoms with Crippen LogP contribution < -0.4 is 0 Å². The van der Waals surface area contributed by atoms with Gasteiger partial charge in [0, 0.05) is 25.2 Å². The Hall–Kier alpha value is -1.27. The van der Waals surface area contributed by atoms with Crippen molar-refractivity contribution >= 4 is 23.3 Å². The number of hydrogen-bond donors (Lipinski definition) is 1. The van der Waals surface area contributed by atoms with Gasteiger partial charge in [0.15, 0.2) is 10.6 Å². The molecule has 0 unspecified atom stereocenters. The second-order valence-corrected chi connectivity index (χ2v) is 5.61. The first-order valence-corrected chi connectivity index (χ1v) is 7.32. The first-order valence-electron chi connectivity index (χ1n) is 6.91. The Bertz CT molecular complexity index is 688. The molecule has 0 saturated heterocycles. The van der Waals surface area contributed by atoms with Gasteiger partial charge in [-0.1, -0.05) is 6.92 Å². The summed E-state index contributed by atoms with van der Waals surface area (Å²) in [5.41, 5.74) is 0.783. The van der Waals surface area contributed by atoms with Crippen molar-refractivity contribution in [1.82, 2.24) is 14.5 Å². The topological polar surface area (TPSA) is 24.0 Å². The fourth-order valence-corrected chi connectivity index (χ4v) is 2.96. The SMILES string of the molecule is CCN(CCn1c(=S)[nH]c2c(F)cc(F)cc21)C1CC1. The molecule has 3 rings (SSSR count). The molecule has 1 aromatic heterocycles. The highest BCUT2D eigenvalue weighted by molar-refractivity contribution is 7.71. The molecule has 1 heterocycles. The number of aromatic nitrogens is 2. The van der Waals surface area contributed by atoms with E-state index in [-0.39, 0.29) is 5.52 Å². The van der Waals surface area contributed by atoms with Crippen LogP contribution in [0.1, 0.15) is 19.8 Å². The summed E-state index contributed by atoms with van der Waals surface area (Å²) < 4.78 is 29.3. The van der Waals surface area contributed by atoms with Crippen molar-refractivity contribution in [3.63, 3.8) is 0 Å². The third-order valence-corrected chi connectivity index (χ3v) is 4.20. The van der Waals surface area contributed by atoms with E-state index < -0.39 is 11.6 Å². The van der Waals surface area contributed by atoms with Gasteiger partial charge in [0.05, 0.1) is 5.52 Å². The largest absolute Gasteiger partial charge is 0.328 e. The van der Waals surface area contributed by atoms with Crippen molar-refractivity contribution in [1.29, 1.82) is 0 Å². The zero-order valence-electron chi connectivity index (χ0n) is 11.3. The fourth-order valence-electron chi connectivity index (χ4n) is 2.67. The van der Waals surface area contributed by atoms with Crippen LogP contribution in [-0.4, -0.2) is 33.6 Å². The summed E-state index contributed by atoms with van der Waals surface area (Å²) in [4.78, 5) is 5.21. The molecule has 3 nitrogen and oxygen atoms in total. The number of hydrogen-bond acceptors (Lipinski definition) is 2. The van der Waals surface area contributed by atoms with Crippen molar-refractivity contribution in [2.75, 3.05) is 13.1 Å². The molecule has 1 aliphatic carbocycles. The highest BCUT2D eigenvalue weighted by atomic mass is 32.1. The molecule has 20 heavy (non-hydrogen) atoms. The van der Waals surface area contributed by atoms with Crippen molar-refractivity contribution in [2.45, 2.75) is 32.4 Å². The minimum atomic E-state index is -0.598. The van der Waals surface area contributed by atoms with Gasteiger partial charge in [-0.2, -0.15) is 0 Å². The van der Waals surface area contributed by atoms with Gasteiger partial charge in [0.2, 0.25) is 0 Å². The zero-order chi connectivity index (χ0) is 14.3. The Balaban J connectivity index is 1.90. The van der Waals surface area contributed by atoms with Gasteiger partial charge in [0.25, 0.3) is 0 Å². The monoisotopic (exact) mass is 297 g/mol. The molecule has 0 spiro atoms. The van der Waals surface area contributed by atoms with Gasteiger partial charge >= 0.3 is 0 Å². The minimum Gasteiger partial charge on any atom is -0.328 e. The van der Waals surface area contributed by atoms with Crippen molar-refractivity contribution in [3.8, 4) is 0 Å². The van der Waals surface area contributed by atoms with Gasteiger partial charge in [0.1, 0.15) is 11.3 Å². The Labute approximate surface area is 121 Å². The van der Waals surface area contributed by atoms with Crippen LogP contribution in [0.15, 0.2) is 12.1 Å². The number of H-pyrrole nitrogens is 1. The molecule has 1 N–H and O–H groups in total. The first-order chi connectivity index (χ1) is 9.60. The predicted molar refractivity (Wildman–Crippen MR) is 77.3 cm³/mol. The third kappa shape index (κ3) is 2.50. The fraction of sp³-hybridized carbons (Fsp3) is 0.500. The average molecular weight is 297 g/mol. The maximum Gasteiger partial charge on any atom is 0.178 e. The normalized spacial score (nSPS) is 15.4. The summed E-state index contributed by atoms with van der Waals surface area (Å²) in [5.74, 6) is -1.17. The minimum absolute atomic E-state index is 0.283. The highest BCUT2D eigenvalue weighted by Crippen LogP contribution is 2.26. The van der Waals surface area contributed by atoms with Crippen LogP contribution >= 0.6 is 12.2 Å². The molecular formula is C14H17F2N3S. The summed E-state index contributed by atoms with van der Waals surface area (Å²) in [5, 5.41) is 0. The Morgan fingerprint density at radius 1 is 1.40 bits per heavy atom. The molecule has 1 saturated carbocycles. The first kappa shape index (κ1) is 13.7. The van der Waals surface area contributed by atoms with Crippen LogP contribution in [0.25, 0.3) is 11.0 Å². The molecule has 1 aliphatic rings. The number of fused-ring (bicyclic) bond motifs is 1. The number of nitrogens with zero attached hydrogens (tertiary/aromatic N) is 2. The average Bonchev–Trinajstić information content (AvgIpc) is 3.17. The summed E-state index contributed by atoms with van der Waals surface area (Å²) in [7, 11) is 0. The molecule has 0 atom stereocenters. The van der Waals surface area contributed by atoms with Crippen LogP contribution in [0.2, 0.25) is 0 Å². The molecule has 1 aromatic carbocycles. The maximum absolute atomic E-state index is 13.7. The van der Waals surface area contributed by atoms with E-state index in [1.807, 2.05) is 0 Å². The number of benzene rings is 1. The molecule has 1 fully saturated rings. The van der Waals surface area contributed by atoms with Crippen LogP contribution in [0.3, 0.4) is 0 Å². The second kappa shape index (κ2) is 5.26. The summed E-state index contributed by atoms with van der Waals surface area (Å²) in [6.45, 7) is 4.61. The number of halogens is 2. The number of nitrogens with one attached hydrogen (secondary N) is 1. The Kier molecular flexibility index (Phi) is 3.60. The third-order valence-electron chi connectivity index (χ3n) is 3.88. The highest BCUT2D eigenvalue weighted by Gasteiger charge is 2.27. The maximum atomic E-state index is 13.7. The van der Waals surface area contributed by atoms with Gasteiger partial charge in [-0.3, -0.25) is 4.90 Å². The summed E-state index contributed by atoms with van der Waals surface area (Å²) in [6.07, 6.45) is 2.49. The standard InChI is InChI=1S/C14H17F2N3S/c1-2-18(10-3-4-10)5-6-19-12-8-9(15)7-11(16)13(12)17-14(19)20/h7-8,10H,2-6H2,1H3,(H,17,20). The Morgan fingerprint density at radius 2 is 2.15 bits per heavy atom. The van der Waals surface area contributed by atoms with Gasteiger partial charge in [-0.25, -0.2) is 8.78 Å². The molecule has 0 radical (unpaired) electrons. The lowest BCUT2D eigenvalue weighted by molar-refractivity contribution is 0.267. The van der Waals surface area contributed by atoms with E-state index in [4.69, 9.17) is 12.2 Å². The quantitative estimate of drug-likeness (QED) is 0.855. The molecular weight excluding hydrogens is 280 g/mol. The van der Waals surface area contributed by atoms with Crippen molar-refractivity contribution in [2.24, 2.45) is 0 Å². The molecule has 0 aliphatic heterocycles. The molecule has 6 heteroatoms.